The van der Waals surface area contributed by atoms with Crippen molar-refractivity contribution >= 4 is 11.9 Å². The molecule has 1 fully saturated rings. The average molecular weight is 386 g/mol. The molecule has 7 heteroatoms. The van der Waals surface area contributed by atoms with Crippen molar-refractivity contribution in [1.82, 2.24) is 0 Å². The van der Waals surface area contributed by atoms with Crippen LogP contribution in [-0.2, 0) is 30.3 Å². The van der Waals surface area contributed by atoms with Crippen molar-refractivity contribution in [1.29, 1.82) is 0 Å². The summed E-state index contributed by atoms with van der Waals surface area (Å²) in [6.07, 6.45) is -3.95. The minimum atomic E-state index is -1.37. The summed E-state index contributed by atoms with van der Waals surface area (Å²) in [5.41, 5.74) is 1.31. The third-order valence-electron chi connectivity index (χ3n) is 4.26. The first kappa shape index (κ1) is 20.0. The Morgan fingerprint density at radius 2 is 1.64 bits per heavy atom. The van der Waals surface area contributed by atoms with Gasteiger partial charge in [-0.1, -0.05) is 48.5 Å². The highest BCUT2D eigenvalue weighted by atomic mass is 16.7. The van der Waals surface area contributed by atoms with Crippen LogP contribution < -0.4 is 0 Å². The molecule has 0 aromatic heterocycles. The van der Waals surface area contributed by atoms with E-state index in [-0.39, 0.29) is 13.2 Å². The number of carbonyl (C=O) groups excluding carboxylic acids is 2. The summed E-state index contributed by atoms with van der Waals surface area (Å²) in [6.45, 7) is 1.31. The molecule has 3 rings (SSSR count). The Hall–Kier alpha value is -2.74. The number of rotatable bonds is 7. The predicted molar refractivity (Wildman–Crippen MR) is 98.2 cm³/mol. The van der Waals surface area contributed by atoms with Gasteiger partial charge in [-0.05, 0) is 17.7 Å². The van der Waals surface area contributed by atoms with Gasteiger partial charge in [0.2, 0.25) is 0 Å². The molecule has 7 nitrogen and oxygen atoms in total. The summed E-state index contributed by atoms with van der Waals surface area (Å²) in [6, 6.07) is 17.9. The monoisotopic (exact) mass is 386 g/mol. The molecule has 0 aliphatic carbocycles. The minimum absolute atomic E-state index is 0.151. The van der Waals surface area contributed by atoms with Gasteiger partial charge in [-0.25, -0.2) is 4.79 Å². The zero-order valence-electron chi connectivity index (χ0n) is 15.4. The average Bonchev–Trinajstić information content (AvgIpc) is 3.00. The van der Waals surface area contributed by atoms with Gasteiger partial charge in [0.1, 0.15) is 18.8 Å². The van der Waals surface area contributed by atoms with Crippen LogP contribution in [0, 0.1) is 0 Å². The van der Waals surface area contributed by atoms with E-state index in [1.165, 1.54) is 6.92 Å². The van der Waals surface area contributed by atoms with Crippen LogP contribution in [0.15, 0.2) is 60.7 Å². The van der Waals surface area contributed by atoms with E-state index in [0.717, 1.165) is 5.56 Å². The van der Waals surface area contributed by atoms with Crippen LogP contribution in [0.3, 0.4) is 0 Å². The fraction of sp³-hybridized carbons (Fsp3) is 0.333. The molecule has 2 aromatic rings. The first-order chi connectivity index (χ1) is 13.5. The van der Waals surface area contributed by atoms with Gasteiger partial charge in [-0.15, -0.1) is 0 Å². The fourth-order valence-corrected chi connectivity index (χ4v) is 2.94. The molecular formula is C21H22O7. The van der Waals surface area contributed by atoms with Crippen LogP contribution in [0.5, 0.6) is 0 Å². The Bertz CT molecular complexity index is 778. The Labute approximate surface area is 162 Å². The third kappa shape index (κ3) is 5.16. The van der Waals surface area contributed by atoms with Crippen LogP contribution >= 0.6 is 0 Å². The van der Waals surface area contributed by atoms with Gasteiger partial charge >= 0.3 is 11.9 Å². The number of hydrogen-bond acceptors (Lipinski definition) is 7. The van der Waals surface area contributed by atoms with E-state index in [4.69, 9.17) is 18.9 Å². The molecular weight excluding hydrogens is 364 g/mol. The lowest BCUT2D eigenvalue weighted by molar-refractivity contribution is -0.172. The van der Waals surface area contributed by atoms with E-state index in [1.54, 1.807) is 30.3 Å². The van der Waals surface area contributed by atoms with Crippen molar-refractivity contribution in [2.24, 2.45) is 0 Å². The Balaban J connectivity index is 1.66. The van der Waals surface area contributed by atoms with Crippen LogP contribution in [0.2, 0.25) is 0 Å². The van der Waals surface area contributed by atoms with E-state index in [1.807, 2.05) is 30.3 Å². The topological polar surface area (TPSA) is 91.3 Å². The fourth-order valence-electron chi connectivity index (χ4n) is 2.94. The van der Waals surface area contributed by atoms with E-state index < -0.39 is 36.5 Å². The van der Waals surface area contributed by atoms with Gasteiger partial charge in [0.25, 0.3) is 0 Å². The maximum atomic E-state index is 12.2. The zero-order chi connectivity index (χ0) is 19.9. The molecule has 1 aliphatic heterocycles. The lowest BCUT2D eigenvalue weighted by Gasteiger charge is -2.23. The number of aliphatic hydroxyl groups is 1. The second kappa shape index (κ2) is 9.45. The van der Waals surface area contributed by atoms with Crippen LogP contribution in [-0.4, -0.2) is 48.3 Å². The molecule has 1 heterocycles. The van der Waals surface area contributed by atoms with Crippen LogP contribution in [0.25, 0.3) is 0 Å². The van der Waals surface area contributed by atoms with Gasteiger partial charge < -0.3 is 24.1 Å². The molecule has 148 valence electrons. The number of benzene rings is 2. The maximum Gasteiger partial charge on any atom is 0.338 e. The molecule has 0 radical (unpaired) electrons. The zero-order valence-corrected chi connectivity index (χ0v) is 15.4. The van der Waals surface area contributed by atoms with E-state index >= 15 is 0 Å². The number of hydrogen-bond donors (Lipinski definition) is 1. The maximum absolute atomic E-state index is 12.2. The smallest absolute Gasteiger partial charge is 0.338 e. The third-order valence-corrected chi connectivity index (χ3v) is 4.26. The van der Waals surface area contributed by atoms with Crippen molar-refractivity contribution in [3.8, 4) is 0 Å². The first-order valence-corrected chi connectivity index (χ1v) is 8.93. The standard InChI is InChI=1S/C21H22O7/c1-14(22)27-19-18(25-12-15-8-4-2-5-9-15)17(28-21(19)24)13-26-20(23)16-10-6-3-7-11-16/h2-11,17-19,21,24H,12-13H2,1H3/t17-,18+,19-,21?/m1/s1. The summed E-state index contributed by atoms with van der Waals surface area (Å²) in [5.74, 6) is -1.08. The normalized spacial score (nSPS) is 23.9. The Kier molecular flexibility index (Phi) is 6.76. The quantitative estimate of drug-likeness (QED) is 0.729. The van der Waals surface area contributed by atoms with Crippen molar-refractivity contribution in [2.45, 2.75) is 38.1 Å². The van der Waals surface area contributed by atoms with Gasteiger partial charge in [0, 0.05) is 6.92 Å². The number of esters is 2. The molecule has 0 spiro atoms. The second-order valence-corrected chi connectivity index (χ2v) is 6.36. The van der Waals surface area contributed by atoms with E-state index in [2.05, 4.69) is 0 Å². The van der Waals surface area contributed by atoms with Gasteiger partial charge in [0.15, 0.2) is 12.4 Å². The van der Waals surface area contributed by atoms with Gasteiger partial charge in [-0.3, -0.25) is 4.79 Å². The van der Waals surface area contributed by atoms with Crippen molar-refractivity contribution in [3.63, 3.8) is 0 Å². The number of ether oxygens (including phenoxy) is 4. The molecule has 0 saturated carbocycles. The molecule has 1 unspecified atom stereocenters. The predicted octanol–water partition coefficient (Wildman–Crippen LogP) is 2.08. The summed E-state index contributed by atoms with van der Waals surface area (Å²) in [4.78, 5) is 23.6. The molecule has 0 bridgehead atoms. The molecule has 0 amide bonds. The van der Waals surface area contributed by atoms with Gasteiger partial charge in [0.05, 0.1) is 12.2 Å². The molecule has 1 aliphatic rings. The molecule has 1 saturated heterocycles. The van der Waals surface area contributed by atoms with Crippen molar-refractivity contribution < 1.29 is 33.6 Å². The van der Waals surface area contributed by atoms with Crippen LogP contribution in [0.4, 0.5) is 0 Å². The van der Waals surface area contributed by atoms with Crippen LogP contribution in [0.1, 0.15) is 22.8 Å². The Morgan fingerprint density at radius 1 is 1.00 bits per heavy atom. The lowest BCUT2D eigenvalue weighted by Crippen LogP contribution is -2.40. The molecule has 4 atom stereocenters. The second-order valence-electron chi connectivity index (χ2n) is 6.36. The van der Waals surface area contributed by atoms with E-state index in [9.17, 15) is 14.7 Å². The highest BCUT2D eigenvalue weighted by Crippen LogP contribution is 2.27. The van der Waals surface area contributed by atoms with Crippen molar-refractivity contribution in [2.75, 3.05) is 6.61 Å². The summed E-state index contributed by atoms with van der Waals surface area (Å²) < 4.78 is 21.8. The number of carbonyl (C=O) groups is 2. The summed E-state index contributed by atoms with van der Waals surface area (Å²) in [5, 5.41) is 10.1. The molecule has 2 aromatic carbocycles. The minimum Gasteiger partial charge on any atom is -0.459 e. The van der Waals surface area contributed by atoms with Gasteiger partial charge in [-0.2, -0.15) is 0 Å². The van der Waals surface area contributed by atoms with Crippen molar-refractivity contribution in [3.05, 3.63) is 71.8 Å². The Morgan fingerprint density at radius 3 is 2.29 bits per heavy atom. The number of aliphatic hydroxyl groups excluding tert-OH is 1. The van der Waals surface area contributed by atoms with E-state index in [0.29, 0.717) is 5.56 Å². The summed E-state index contributed by atoms with van der Waals surface area (Å²) in [7, 11) is 0. The highest BCUT2D eigenvalue weighted by molar-refractivity contribution is 5.89. The highest BCUT2D eigenvalue weighted by Gasteiger charge is 2.47. The SMILES string of the molecule is CC(=O)O[C@H]1C(O)O[C@H](COC(=O)c2ccccc2)[C@@H]1OCc1ccccc1. The summed E-state index contributed by atoms with van der Waals surface area (Å²) >= 11 is 0. The lowest BCUT2D eigenvalue weighted by atomic mass is 10.1. The largest absolute Gasteiger partial charge is 0.459 e. The first-order valence-electron chi connectivity index (χ1n) is 8.93. The molecule has 28 heavy (non-hydrogen) atoms. The molecule has 1 N–H and O–H groups in total.